The lowest BCUT2D eigenvalue weighted by Crippen LogP contribution is -2.48. The minimum atomic E-state index is -1.29. The van der Waals surface area contributed by atoms with Crippen molar-refractivity contribution >= 4 is 12.0 Å². The first-order valence-corrected chi connectivity index (χ1v) is 3.93. The number of hydrogen-bond donors (Lipinski definition) is 4. The summed E-state index contributed by atoms with van der Waals surface area (Å²) in [5.41, 5.74) is 0. The molecular weight excluding hydrogens is 188 g/mol. The molecule has 0 aromatic carbocycles. The van der Waals surface area contributed by atoms with Gasteiger partial charge in [0.15, 0.2) is 6.04 Å². The molecule has 0 aromatic rings. The Morgan fingerprint density at radius 3 is 2.57 bits per heavy atom. The fraction of sp³-hybridized carbons (Fsp3) is 0.500. The van der Waals surface area contributed by atoms with E-state index in [4.69, 9.17) is 16.6 Å². The molecule has 0 aromatic heterocycles. The number of carboxylic acids is 1. The van der Waals surface area contributed by atoms with Crippen molar-refractivity contribution in [1.29, 1.82) is 0 Å². The molecule has 0 aliphatic carbocycles. The molecule has 0 spiro atoms. The first-order chi connectivity index (χ1) is 6.61. The predicted molar refractivity (Wildman–Crippen MR) is 48.5 cm³/mol. The molecule has 2 amide bonds. The van der Waals surface area contributed by atoms with E-state index < -0.39 is 24.6 Å². The van der Waals surface area contributed by atoms with Gasteiger partial charge in [-0.05, 0) is 0 Å². The molecule has 14 heavy (non-hydrogen) atoms. The molecule has 4 N–H and O–H groups in total. The molecule has 6 nitrogen and oxygen atoms in total. The Kier molecular flexibility index (Phi) is 5.90. The highest BCUT2D eigenvalue weighted by molar-refractivity contribution is 5.82. The Bertz CT molecular complexity index is 246. The molecule has 78 valence electrons. The van der Waals surface area contributed by atoms with Crippen LogP contribution in [0.15, 0.2) is 0 Å². The number of amides is 2. The second kappa shape index (κ2) is 6.74. The molecular formula is C8H12N2O4. The monoisotopic (exact) mass is 200 g/mol. The molecule has 6 heteroatoms. The van der Waals surface area contributed by atoms with Crippen molar-refractivity contribution in [3.05, 3.63) is 0 Å². The van der Waals surface area contributed by atoms with E-state index in [9.17, 15) is 9.59 Å². The largest absolute Gasteiger partial charge is 0.480 e. The van der Waals surface area contributed by atoms with Gasteiger partial charge in [0, 0.05) is 13.0 Å². The standard InChI is InChI=1S/C8H12N2O4/c1-2-3-4-9-8(14)10-6(5-11)7(12)13/h1,6,11H,3-5H2,(H,12,13)(H2,9,10,14). The number of aliphatic carboxylic acids is 1. The summed E-state index contributed by atoms with van der Waals surface area (Å²) in [5.74, 6) is 1.01. The van der Waals surface area contributed by atoms with Crippen LogP contribution in [0, 0.1) is 12.3 Å². The summed E-state index contributed by atoms with van der Waals surface area (Å²) >= 11 is 0. The van der Waals surface area contributed by atoms with Crippen LogP contribution in [0.25, 0.3) is 0 Å². The van der Waals surface area contributed by atoms with Gasteiger partial charge in [-0.3, -0.25) is 0 Å². The second-order valence-corrected chi connectivity index (χ2v) is 2.43. The van der Waals surface area contributed by atoms with Gasteiger partial charge in [-0.2, -0.15) is 0 Å². The van der Waals surface area contributed by atoms with Crippen molar-refractivity contribution in [2.45, 2.75) is 12.5 Å². The molecule has 1 atom stereocenters. The van der Waals surface area contributed by atoms with Crippen molar-refractivity contribution < 1.29 is 19.8 Å². The Morgan fingerprint density at radius 2 is 2.14 bits per heavy atom. The second-order valence-electron chi connectivity index (χ2n) is 2.43. The smallest absolute Gasteiger partial charge is 0.328 e. The van der Waals surface area contributed by atoms with Crippen LogP contribution in [-0.2, 0) is 4.79 Å². The Morgan fingerprint density at radius 1 is 1.50 bits per heavy atom. The normalized spacial score (nSPS) is 11.1. The van der Waals surface area contributed by atoms with Gasteiger partial charge in [-0.25, -0.2) is 9.59 Å². The van der Waals surface area contributed by atoms with E-state index in [-0.39, 0.29) is 6.54 Å². The third kappa shape index (κ3) is 5.00. The van der Waals surface area contributed by atoms with Gasteiger partial charge in [0.1, 0.15) is 0 Å². The van der Waals surface area contributed by atoms with Crippen LogP contribution in [0.3, 0.4) is 0 Å². The van der Waals surface area contributed by atoms with Crippen LogP contribution in [0.4, 0.5) is 4.79 Å². The number of urea groups is 1. The molecule has 0 aliphatic rings. The van der Waals surface area contributed by atoms with E-state index >= 15 is 0 Å². The topological polar surface area (TPSA) is 98.7 Å². The van der Waals surface area contributed by atoms with E-state index in [1.807, 2.05) is 0 Å². The highest BCUT2D eigenvalue weighted by Crippen LogP contribution is 1.82. The van der Waals surface area contributed by atoms with Crippen LogP contribution in [-0.4, -0.2) is 41.4 Å². The lowest BCUT2D eigenvalue weighted by Gasteiger charge is -2.11. The first kappa shape index (κ1) is 12.3. The number of hydrogen-bond acceptors (Lipinski definition) is 3. The van der Waals surface area contributed by atoms with Crippen LogP contribution in [0.1, 0.15) is 6.42 Å². The lowest BCUT2D eigenvalue weighted by molar-refractivity contribution is -0.140. The summed E-state index contributed by atoms with van der Waals surface area (Å²) in [5, 5.41) is 21.4. The third-order valence-corrected chi connectivity index (χ3v) is 1.34. The number of terminal acetylenes is 1. The first-order valence-electron chi connectivity index (χ1n) is 3.93. The molecule has 0 fully saturated rings. The van der Waals surface area contributed by atoms with E-state index in [0.717, 1.165) is 0 Å². The third-order valence-electron chi connectivity index (χ3n) is 1.34. The molecule has 0 aliphatic heterocycles. The maximum Gasteiger partial charge on any atom is 0.328 e. The number of aliphatic hydroxyl groups is 1. The quantitative estimate of drug-likeness (QED) is 0.329. The highest BCUT2D eigenvalue weighted by Gasteiger charge is 2.17. The highest BCUT2D eigenvalue weighted by atomic mass is 16.4. The molecule has 0 heterocycles. The van der Waals surface area contributed by atoms with Crippen molar-refractivity contribution in [2.24, 2.45) is 0 Å². The summed E-state index contributed by atoms with van der Waals surface area (Å²) in [6, 6.07) is -1.96. The van der Waals surface area contributed by atoms with Crippen molar-refractivity contribution in [1.82, 2.24) is 10.6 Å². The number of rotatable bonds is 5. The van der Waals surface area contributed by atoms with Crippen molar-refractivity contribution in [3.63, 3.8) is 0 Å². The maximum absolute atomic E-state index is 10.9. The van der Waals surface area contributed by atoms with E-state index in [0.29, 0.717) is 6.42 Å². The van der Waals surface area contributed by atoms with E-state index in [2.05, 4.69) is 16.6 Å². The van der Waals surface area contributed by atoms with Crippen LogP contribution in [0.5, 0.6) is 0 Å². The number of aliphatic hydroxyl groups excluding tert-OH is 1. The van der Waals surface area contributed by atoms with Crippen molar-refractivity contribution in [3.8, 4) is 12.3 Å². The summed E-state index contributed by atoms with van der Waals surface area (Å²) in [6.07, 6.45) is 5.30. The Hall–Kier alpha value is -1.74. The zero-order valence-electron chi connectivity index (χ0n) is 7.49. The summed E-state index contributed by atoms with van der Waals surface area (Å²) in [4.78, 5) is 21.3. The number of nitrogens with one attached hydrogen (secondary N) is 2. The SMILES string of the molecule is C#CCCNC(=O)NC(CO)C(=O)O. The van der Waals surface area contributed by atoms with Crippen molar-refractivity contribution in [2.75, 3.05) is 13.2 Å². The lowest BCUT2D eigenvalue weighted by atomic mass is 10.3. The fourth-order valence-electron chi connectivity index (χ4n) is 0.643. The number of carbonyl (C=O) groups excluding carboxylic acids is 1. The van der Waals surface area contributed by atoms with Gasteiger partial charge in [0.25, 0.3) is 0 Å². The molecule has 1 unspecified atom stereocenters. The van der Waals surface area contributed by atoms with Crippen LogP contribution < -0.4 is 10.6 Å². The maximum atomic E-state index is 10.9. The summed E-state index contributed by atoms with van der Waals surface area (Å²) in [7, 11) is 0. The predicted octanol–water partition coefficient (Wildman–Crippen LogP) is -1.25. The molecule has 0 rings (SSSR count). The number of carboxylic acid groups (broad SMARTS) is 1. The Balaban J connectivity index is 3.80. The van der Waals surface area contributed by atoms with E-state index in [1.54, 1.807) is 0 Å². The summed E-state index contributed by atoms with van der Waals surface area (Å²) < 4.78 is 0. The van der Waals surface area contributed by atoms with Gasteiger partial charge in [0.05, 0.1) is 6.61 Å². The zero-order valence-corrected chi connectivity index (χ0v) is 7.49. The van der Waals surface area contributed by atoms with Crippen LogP contribution >= 0.6 is 0 Å². The minimum Gasteiger partial charge on any atom is -0.480 e. The van der Waals surface area contributed by atoms with Gasteiger partial charge < -0.3 is 20.8 Å². The van der Waals surface area contributed by atoms with E-state index in [1.165, 1.54) is 0 Å². The van der Waals surface area contributed by atoms with Gasteiger partial charge >= 0.3 is 12.0 Å². The fourth-order valence-corrected chi connectivity index (χ4v) is 0.643. The number of carbonyl (C=O) groups is 2. The zero-order chi connectivity index (χ0) is 11.0. The average Bonchev–Trinajstić information content (AvgIpc) is 2.14. The summed E-state index contributed by atoms with van der Waals surface area (Å²) in [6.45, 7) is -0.391. The average molecular weight is 200 g/mol. The van der Waals surface area contributed by atoms with Crippen LogP contribution in [0.2, 0.25) is 0 Å². The van der Waals surface area contributed by atoms with Gasteiger partial charge in [0.2, 0.25) is 0 Å². The van der Waals surface area contributed by atoms with Gasteiger partial charge in [-0.1, -0.05) is 0 Å². The Labute approximate surface area is 81.3 Å². The minimum absolute atomic E-state index is 0.264. The molecule has 0 saturated carbocycles. The van der Waals surface area contributed by atoms with Gasteiger partial charge in [-0.15, -0.1) is 12.3 Å². The molecule has 0 bridgehead atoms. The molecule has 0 saturated heterocycles. The molecule has 0 radical (unpaired) electrons.